The Kier molecular flexibility index (Phi) is 5.85. The van der Waals surface area contributed by atoms with Gasteiger partial charge in [0.15, 0.2) is 0 Å². The van der Waals surface area contributed by atoms with Crippen molar-refractivity contribution in [3.63, 3.8) is 0 Å². The quantitative estimate of drug-likeness (QED) is 0.749. The van der Waals surface area contributed by atoms with Crippen molar-refractivity contribution in [1.29, 1.82) is 0 Å². The molecule has 2 fully saturated rings. The van der Waals surface area contributed by atoms with E-state index in [4.69, 9.17) is 0 Å². The van der Waals surface area contributed by atoms with Crippen LogP contribution in [0, 0.1) is 0 Å². The predicted molar refractivity (Wildman–Crippen MR) is 82.7 cm³/mol. The number of carbonyl (C=O) groups is 1. The molecule has 1 amide bonds. The minimum absolute atomic E-state index is 0.200. The molecule has 2 heterocycles. The van der Waals surface area contributed by atoms with Gasteiger partial charge in [-0.3, -0.25) is 9.69 Å². The van der Waals surface area contributed by atoms with Gasteiger partial charge in [-0.15, -0.1) is 0 Å². The van der Waals surface area contributed by atoms with Gasteiger partial charge >= 0.3 is 0 Å². The molecule has 2 aliphatic heterocycles. The van der Waals surface area contributed by atoms with Crippen molar-refractivity contribution >= 4 is 5.91 Å². The van der Waals surface area contributed by atoms with Crippen molar-refractivity contribution in [3.8, 4) is 0 Å². The first-order valence-corrected chi connectivity index (χ1v) is 8.45. The maximum atomic E-state index is 12.2. The molecule has 2 bridgehead atoms. The normalized spacial score (nSPS) is 29.1. The van der Waals surface area contributed by atoms with E-state index in [0.29, 0.717) is 30.7 Å². The molecule has 0 aromatic rings. The van der Waals surface area contributed by atoms with E-state index in [9.17, 15) is 4.79 Å². The fourth-order valence-corrected chi connectivity index (χ4v) is 3.78. The maximum Gasteiger partial charge on any atom is 0.234 e. The van der Waals surface area contributed by atoms with Gasteiger partial charge in [0, 0.05) is 24.2 Å². The smallest absolute Gasteiger partial charge is 0.234 e. The second-order valence-electron chi connectivity index (χ2n) is 6.41. The molecular formula is C16H31N3O. The average molecular weight is 281 g/mol. The van der Waals surface area contributed by atoms with Crippen molar-refractivity contribution in [2.45, 2.75) is 83.5 Å². The van der Waals surface area contributed by atoms with Crippen LogP contribution in [0.15, 0.2) is 0 Å². The highest BCUT2D eigenvalue weighted by Crippen LogP contribution is 2.29. The van der Waals surface area contributed by atoms with Crippen LogP contribution in [-0.2, 0) is 4.79 Å². The van der Waals surface area contributed by atoms with Crippen LogP contribution in [0.3, 0.4) is 0 Å². The Hall–Kier alpha value is -0.610. The molecule has 0 aliphatic carbocycles. The maximum absolute atomic E-state index is 12.2. The molecule has 0 spiro atoms. The molecule has 2 atom stereocenters. The molecular weight excluding hydrogens is 250 g/mol. The van der Waals surface area contributed by atoms with Crippen LogP contribution < -0.4 is 10.6 Å². The monoisotopic (exact) mass is 281 g/mol. The van der Waals surface area contributed by atoms with Gasteiger partial charge in [-0.05, 0) is 45.1 Å². The number of likely N-dealkylation sites (N-methyl/N-ethyl adjacent to an activating group) is 1. The highest BCUT2D eigenvalue weighted by Gasteiger charge is 2.36. The van der Waals surface area contributed by atoms with E-state index in [1.54, 1.807) is 0 Å². The standard InChI is InChI=1S/C16H31N3O/c1-4-12(5-2)18-16(20)11-19(6-3)15-9-13-7-8-14(10-15)17-13/h12-15,17H,4-11H2,1-3H3,(H,18,20). The third-order valence-electron chi connectivity index (χ3n) is 5.07. The van der Waals surface area contributed by atoms with E-state index in [2.05, 4.69) is 36.3 Å². The topological polar surface area (TPSA) is 44.4 Å². The van der Waals surface area contributed by atoms with Gasteiger partial charge in [0.25, 0.3) is 0 Å². The number of nitrogens with zero attached hydrogens (tertiary/aromatic N) is 1. The molecule has 0 aromatic heterocycles. The Labute approximate surface area is 123 Å². The second kappa shape index (κ2) is 7.41. The Morgan fingerprint density at radius 2 is 1.80 bits per heavy atom. The molecule has 2 unspecified atom stereocenters. The van der Waals surface area contributed by atoms with Crippen LogP contribution in [0.5, 0.6) is 0 Å². The predicted octanol–water partition coefficient (Wildman–Crippen LogP) is 1.90. The zero-order valence-electron chi connectivity index (χ0n) is 13.3. The van der Waals surface area contributed by atoms with Crippen molar-refractivity contribution in [1.82, 2.24) is 15.5 Å². The SMILES string of the molecule is CCC(CC)NC(=O)CN(CC)C1CC2CCC(C1)N2. The molecule has 0 radical (unpaired) electrons. The van der Waals surface area contributed by atoms with Gasteiger partial charge in [-0.1, -0.05) is 20.8 Å². The van der Waals surface area contributed by atoms with E-state index < -0.39 is 0 Å². The van der Waals surface area contributed by atoms with Gasteiger partial charge in [0.2, 0.25) is 5.91 Å². The van der Waals surface area contributed by atoms with Crippen LogP contribution in [0.25, 0.3) is 0 Å². The van der Waals surface area contributed by atoms with Gasteiger partial charge in [-0.2, -0.15) is 0 Å². The lowest BCUT2D eigenvalue weighted by molar-refractivity contribution is -0.123. The Balaban J connectivity index is 1.84. The molecule has 0 saturated carbocycles. The third kappa shape index (κ3) is 3.95. The lowest BCUT2D eigenvalue weighted by Crippen LogP contribution is -2.51. The number of carbonyl (C=O) groups excluding carboxylic acids is 1. The highest BCUT2D eigenvalue weighted by molar-refractivity contribution is 5.78. The lowest BCUT2D eigenvalue weighted by Gasteiger charge is -2.37. The lowest BCUT2D eigenvalue weighted by atomic mass is 9.98. The minimum Gasteiger partial charge on any atom is -0.352 e. The van der Waals surface area contributed by atoms with Crippen LogP contribution in [0.4, 0.5) is 0 Å². The Morgan fingerprint density at radius 1 is 1.20 bits per heavy atom. The summed E-state index contributed by atoms with van der Waals surface area (Å²) in [6.07, 6.45) is 7.10. The van der Waals surface area contributed by atoms with Gasteiger partial charge in [0.1, 0.15) is 0 Å². The summed E-state index contributed by atoms with van der Waals surface area (Å²) in [5, 5.41) is 6.84. The number of hydrogen-bond acceptors (Lipinski definition) is 3. The van der Waals surface area contributed by atoms with Crippen molar-refractivity contribution in [2.75, 3.05) is 13.1 Å². The Morgan fingerprint density at radius 3 is 2.30 bits per heavy atom. The van der Waals surface area contributed by atoms with Gasteiger partial charge in [0.05, 0.1) is 6.54 Å². The summed E-state index contributed by atoms with van der Waals surface area (Å²) in [7, 11) is 0. The van der Waals surface area contributed by atoms with Crippen molar-refractivity contribution in [3.05, 3.63) is 0 Å². The van der Waals surface area contributed by atoms with Crippen LogP contribution in [0.2, 0.25) is 0 Å². The fourth-order valence-electron chi connectivity index (χ4n) is 3.78. The van der Waals surface area contributed by atoms with Gasteiger partial charge in [-0.25, -0.2) is 0 Å². The molecule has 2 rings (SSSR count). The molecule has 0 aromatic carbocycles. The van der Waals surface area contributed by atoms with Crippen molar-refractivity contribution in [2.24, 2.45) is 0 Å². The minimum atomic E-state index is 0.200. The summed E-state index contributed by atoms with van der Waals surface area (Å²) in [5.41, 5.74) is 0. The van der Waals surface area contributed by atoms with Crippen LogP contribution in [0.1, 0.15) is 59.3 Å². The largest absolute Gasteiger partial charge is 0.352 e. The number of nitrogens with one attached hydrogen (secondary N) is 2. The molecule has 4 heteroatoms. The summed E-state index contributed by atoms with van der Waals surface area (Å²) in [6.45, 7) is 7.99. The molecule has 116 valence electrons. The van der Waals surface area contributed by atoms with E-state index in [0.717, 1.165) is 19.4 Å². The molecule has 2 saturated heterocycles. The zero-order chi connectivity index (χ0) is 14.5. The first-order valence-electron chi connectivity index (χ1n) is 8.45. The Bertz CT molecular complexity index is 305. The first-order chi connectivity index (χ1) is 9.66. The average Bonchev–Trinajstić information content (AvgIpc) is 2.80. The number of piperidine rings is 1. The van der Waals surface area contributed by atoms with Gasteiger partial charge < -0.3 is 10.6 Å². The molecule has 20 heavy (non-hydrogen) atoms. The molecule has 2 aliphatic rings. The fraction of sp³-hybridized carbons (Fsp3) is 0.938. The number of hydrogen-bond donors (Lipinski definition) is 2. The van der Waals surface area contributed by atoms with Crippen LogP contribution in [-0.4, -0.2) is 48.1 Å². The molecule has 4 nitrogen and oxygen atoms in total. The summed E-state index contributed by atoms with van der Waals surface area (Å²) in [6, 6.07) is 2.31. The second-order valence-corrected chi connectivity index (χ2v) is 6.41. The summed E-state index contributed by atoms with van der Waals surface area (Å²) in [5.74, 6) is 0.200. The number of rotatable bonds is 7. The zero-order valence-corrected chi connectivity index (χ0v) is 13.3. The summed E-state index contributed by atoms with van der Waals surface area (Å²) >= 11 is 0. The first kappa shape index (κ1) is 15.8. The van der Waals surface area contributed by atoms with E-state index >= 15 is 0 Å². The van der Waals surface area contributed by atoms with Crippen molar-refractivity contribution < 1.29 is 4.79 Å². The highest BCUT2D eigenvalue weighted by atomic mass is 16.2. The summed E-state index contributed by atoms with van der Waals surface area (Å²) in [4.78, 5) is 14.6. The third-order valence-corrected chi connectivity index (χ3v) is 5.07. The number of fused-ring (bicyclic) bond motifs is 2. The van der Waals surface area contributed by atoms with E-state index in [-0.39, 0.29) is 5.91 Å². The van der Waals surface area contributed by atoms with Crippen LogP contribution >= 0.6 is 0 Å². The van der Waals surface area contributed by atoms with E-state index in [1.165, 1.54) is 25.7 Å². The number of amides is 1. The molecule has 2 N–H and O–H groups in total. The summed E-state index contributed by atoms with van der Waals surface area (Å²) < 4.78 is 0. The van der Waals surface area contributed by atoms with E-state index in [1.807, 2.05) is 0 Å².